The van der Waals surface area contributed by atoms with Gasteiger partial charge in [0.25, 0.3) is 0 Å². The van der Waals surface area contributed by atoms with Crippen LogP contribution in [0.1, 0.15) is 27.1 Å². The summed E-state index contributed by atoms with van der Waals surface area (Å²) in [6, 6.07) is 6.22. The second-order valence-corrected chi connectivity index (χ2v) is 5.75. The molecular formula is C14H15BrOS. The zero-order valence-corrected chi connectivity index (χ0v) is 12.6. The van der Waals surface area contributed by atoms with Gasteiger partial charge in [0.15, 0.2) is 0 Å². The number of hydrogen-bond acceptors (Lipinski definition) is 2. The van der Waals surface area contributed by atoms with E-state index in [2.05, 4.69) is 52.7 Å². The Hall–Kier alpha value is -0.800. The van der Waals surface area contributed by atoms with E-state index in [0.29, 0.717) is 0 Å². The van der Waals surface area contributed by atoms with Crippen molar-refractivity contribution in [1.82, 2.24) is 0 Å². The fourth-order valence-electron chi connectivity index (χ4n) is 1.86. The first-order chi connectivity index (χ1) is 8.13. The van der Waals surface area contributed by atoms with Gasteiger partial charge in [-0.25, -0.2) is 0 Å². The van der Waals surface area contributed by atoms with Gasteiger partial charge < -0.3 is 4.74 Å². The first kappa shape index (κ1) is 12.7. The summed E-state index contributed by atoms with van der Waals surface area (Å²) in [6.45, 7) is 4.27. The third-order valence-electron chi connectivity index (χ3n) is 2.92. The number of thiophene rings is 1. The molecular weight excluding hydrogens is 296 g/mol. The van der Waals surface area contributed by atoms with Crippen molar-refractivity contribution in [2.24, 2.45) is 0 Å². The number of halogens is 1. The van der Waals surface area contributed by atoms with Crippen LogP contribution in [-0.2, 0) is 0 Å². The Morgan fingerprint density at radius 3 is 2.41 bits per heavy atom. The highest BCUT2D eigenvalue weighted by molar-refractivity contribution is 9.09. The first-order valence-electron chi connectivity index (χ1n) is 5.44. The minimum atomic E-state index is 0.264. The van der Waals surface area contributed by atoms with Crippen LogP contribution in [0.2, 0.25) is 0 Å². The SMILES string of the molecule is COc1ccc(C(Br)c2cscc2C)c(C)c1. The predicted molar refractivity (Wildman–Crippen MR) is 77.6 cm³/mol. The number of aryl methyl sites for hydroxylation is 2. The van der Waals surface area contributed by atoms with E-state index in [-0.39, 0.29) is 4.83 Å². The quantitative estimate of drug-likeness (QED) is 0.736. The molecule has 0 spiro atoms. The van der Waals surface area contributed by atoms with E-state index in [9.17, 15) is 0 Å². The number of benzene rings is 1. The van der Waals surface area contributed by atoms with E-state index in [1.54, 1.807) is 18.4 Å². The Morgan fingerprint density at radius 2 is 1.88 bits per heavy atom. The lowest BCUT2D eigenvalue weighted by Crippen LogP contribution is -1.96. The molecule has 1 aromatic carbocycles. The molecule has 17 heavy (non-hydrogen) atoms. The van der Waals surface area contributed by atoms with E-state index in [1.807, 2.05) is 6.07 Å². The molecule has 0 amide bonds. The van der Waals surface area contributed by atoms with Crippen LogP contribution in [0.5, 0.6) is 5.75 Å². The number of methoxy groups -OCH3 is 1. The Kier molecular flexibility index (Phi) is 3.89. The van der Waals surface area contributed by atoms with E-state index in [0.717, 1.165) is 5.75 Å². The van der Waals surface area contributed by atoms with Crippen molar-refractivity contribution in [1.29, 1.82) is 0 Å². The maximum atomic E-state index is 5.23. The fraction of sp³-hybridized carbons (Fsp3) is 0.286. The molecule has 1 heterocycles. The molecule has 0 aliphatic rings. The molecule has 0 fully saturated rings. The zero-order valence-electron chi connectivity index (χ0n) is 10.2. The van der Waals surface area contributed by atoms with Crippen molar-refractivity contribution in [3.05, 3.63) is 51.2 Å². The van der Waals surface area contributed by atoms with Crippen molar-refractivity contribution in [2.45, 2.75) is 18.7 Å². The Morgan fingerprint density at radius 1 is 1.12 bits per heavy atom. The summed E-state index contributed by atoms with van der Waals surface area (Å²) in [6.07, 6.45) is 0. The zero-order chi connectivity index (χ0) is 12.4. The highest BCUT2D eigenvalue weighted by Crippen LogP contribution is 2.37. The van der Waals surface area contributed by atoms with Crippen LogP contribution < -0.4 is 4.74 Å². The third-order valence-corrected chi connectivity index (χ3v) is 4.78. The normalized spacial score (nSPS) is 12.5. The average molecular weight is 311 g/mol. The average Bonchev–Trinajstić information content (AvgIpc) is 2.74. The molecule has 0 radical (unpaired) electrons. The lowest BCUT2D eigenvalue weighted by atomic mass is 10.00. The van der Waals surface area contributed by atoms with Crippen molar-refractivity contribution in [3.63, 3.8) is 0 Å². The molecule has 1 unspecified atom stereocenters. The van der Waals surface area contributed by atoms with Crippen LogP contribution in [-0.4, -0.2) is 7.11 Å². The minimum Gasteiger partial charge on any atom is -0.497 e. The van der Waals surface area contributed by atoms with Crippen LogP contribution in [0.15, 0.2) is 29.0 Å². The van der Waals surface area contributed by atoms with Crippen molar-refractivity contribution in [3.8, 4) is 5.75 Å². The molecule has 0 bridgehead atoms. The maximum absolute atomic E-state index is 5.23. The van der Waals surface area contributed by atoms with Crippen LogP contribution in [0.25, 0.3) is 0 Å². The molecule has 3 heteroatoms. The summed E-state index contributed by atoms with van der Waals surface area (Å²) in [7, 11) is 1.70. The summed E-state index contributed by atoms with van der Waals surface area (Å²) in [5, 5.41) is 4.39. The van der Waals surface area contributed by atoms with Crippen molar-refractivity contribution < 1.29 is 4.74 Å². The largest absolute Gasteiger partial charge is 0.497 e. The second kappa shape index (κ2) is 5.23. The Bertz CT molecular complexity index is 519. The number of hydrogen-bond donors (Lipinski definition) is 0. The highest BCUT2D eigenvalue weighted by atomic mass is 79.9. The molecule has 2 rings (SSSR count). The van der Waals surface area contributed by atoms with Crippen molar-refractivity contribution in [2.75, 3.05) is 7.11 Å². The van der Waals surface area contributed by atoms with Crippen LogP contribution in [0, 0.1) is 13.8 Å². The monoisotopic (exact) mass is 310 g/mol. The maximum Gasteiger partial charge on any atom is 0.119 e. The highest BCUT2D eigenvalue weighted by Gasteiger charge is 2.15. The minimum absolute atomic E-state index is 0.264. The molecule has 2 aromatic rings. The molecule has 0 saturated heterocycles. The summed E-state index contributed by atoms with van der Waals surface area (Å²) in [5.41, 5.74) is 5.24. The lowest BCUT2D eigenvalue weighted by molar-refractivity contribution is 0.414. The van der Waals surface area contributed by atoms with Gasteiger partial charge in [0, 0.05) is 0 Å². The van der Waals surface area contributed by atoms with Gasteiger partial charge >= 0.3 is 0 Å². The van der Waals surface area contributed by atoms with Crippen LogP contribution in [0.3, 0.4) is 0 Å². The van der Waals surface area contributed by atoms with Gasteiger partial charge in [0.1, 0.15) is 5.75 Å². The Balaban J connectivity index is 2.38. The van der Waals surface area contributed by atoms with Gasteiger partial charge in [-0.3, -0.25) is 0 Å². The van der Waals surface area contributed by atoms with Crippen molar-refractivity contribution >= 4 is 27.3 Å². The van der Waals surface area contributed by atoms with Gasteiger partial charge in [0.2, 0.25) is 0 Å². The summed E-state index contributed by atoms with van der Waals surface area (Å²) < 4.78 is 5.23. The molecule has 0 aliphatic heterocycles. The fourth-order valence-corrected chi connectivity index (χ4v) is 3.92. The third kappa shape index (κ3) is 2.55. The lowest BCUT2D eigenvalue weighted by Gasteiger charge is -2.14. The van der Waals surface area contributed by atoms with Gasteiger partial charge in [-0.2, -0.15) is 11.3 Å². The smallest absolute Gasteiger partial charge is 0.119 e. The van der Waals surface area contributed by atoms with Crippen LogP contribution in [0.4, 0.5) is 0 Å². The van der Waals surface area contributed by atoms with E-state index in [4.69, 9.17) is 4.74 Å². The first-order valence-corrected chi connectivity index (χ1v) is 7.30. The number of ether oxygens (including phenoxy) is 1. The molecule has 90 valence electrons. The number of alkyl halides is 1. The Labute approximate surface area is 115 Å². The molecule has 0 saturated carbocycles. The van der Waals surface area contributed by atoms with Gasteiger partial charge in [0.05, 0.1) is 11.9 Å². The van der Waals surface area contributed by atoms with Gasteiger partial charge in [-0.1, -0.05) is 22.0 Å². The predicted octanol–water partition coefficient (Wildman–Crippen LogP) is 4.86. The summed E-state index contributed by atoms with van der Waals surface area (Å²) >= 11 is 5.54. The second-order valence-electron chi connectivity index (χ2n) is 4.10. The van der Waals surface area contributed by atoms with Gasteiger partial charge in [-0.15, -0.1) is 0 Å². The molecule has 1 nitrogen and oxygen atoms in total. The summed E-state index contributed by atoms with van der Waals surface area (Å²) in [5.74, 6) is 0.910. The van der Waals surface area contributed by atoms with E-state index < -0.39 is 0 Å². The van der Waals surface area contributed by atoms with E-state index >= 15 is 0 Å². The number of rotatable bonds is 3. The van der Waals surface area contributed by atoms with Crippen LogP contribution >= 0.6 is 27.3 Å². The van der Waals surface area contributed by atoms with E-state index in [1.165, 1.54) is 22.3 Å². The topological polar surface area (TPSA) is 9.23 Å². The molecule has 1 atom stereocenters. The standard InChI is InChI=1S/C14H15BrOS/c1-9-6-11(16-3)4-5-12(9)14(15)13-8-17-7-10(13)2/h4-8,14H,1-3H3. The molecule has 1 aromatic heterocycles. The summed E-state index contributed by atoms with van der Waals surface area (Å²) in [4.78, 5) is 0.264. The van der Waals surface area contributed by atoms with Gasteiger partial charge in [-0.05, 0) is 59.0 Å². The molecule has 0 N–H and O–H groups in total. The molecule has 0 aliphatic carbocycles.